The lowest BCUT2D eigenvalue weighted by atomic mass is 9.99. The van der Waals surface area contributed by atoms with Crippen molar-refractivity contribution in [2.45, 2.75) is 59.0 Å². The second kappa shape index (κ2) is 9.21. The summed E-state index contributed by atoms with van der Waals surface area (Å²) in [4.78, 5) is 30.7. The molecule has 1 atom stereocenters. The van der Waals surface area contributed by atoms with Crippen molar-refractivity contribution >= 4 is 23.2 Å². The number of carbonyl (C=O) groups is 2. The van der Waals surface area contributed by atoms with Gasteiger partial charge in [-0.2, -0.15) is 0 Å². The summed E-state index contributed by atoms with van der Waals surface area (Å²) < 4.78 is 6.08. The summed E-state index contributed by atoms with van der Waals surface area (Å²) in [5.41, 5.74) is 1.94. The monoisotopic (exact) mass is 428 g/mol. The first-order chi connectivity index (χ1) is 14.2. The molecule has 3 rings (SSSR count). The molecule has 2 heterocycles. The molecule has 0 N–H and O–H groups in total. The maximum Gasteiger partial charge on any atom is 0.242 e. The number of carbonyl (C=O) groups excluding carboxylic acids is 2. The molecule has 0 saturated heterocycles. The Bertz CT molecular complexity index is 883. The minimum atomic E-state index is -0.403. The molecule has 0 bridgehead atoms. The van der Waals surface area contributed by atoms with E-state index in [9.17, 15) is 9.59 Å². The average Bonchev–Trinajstić information content (AvgIpc) is 3.18. The molecular formula is C24H32N2O3S. The Hall–Kier alpha value is -2.34. The van der Waals surface area contributed by atoms with E-state index < -0.39 is 5.54 Å². The van der Waals surface area contributed by atoms with E-state index in [2.05, 4.69) is 11.4 Å². The summed E-state index contributed by atoms with van der Waals surface area (Å²) in [7, 11) is 0. The van der Waals surface area contributed by atoms with E-state index in [1.165, 1.54) is 10.4 Å². The van der Waals surface area contributed by atoms with Gasteiger partial charge in [0.25, 0.3) is 0 Å². The maximum atomic E-state index is 13.4. The Labute approximate surface area is 183 Å². The zero-order chi connectivity index (χ0) is 21.9. The second-order valence-electron chi connectivity index (χ2n) is 8.78. The van der Waals surface area contributed by atoms with Crippen molar-refractivity contribution in [3.05, 3.63) is 51.7 Å². The second-order valence-corrected chi connectivity index (χ2v) is 9.78. The van der Waals surface area contributed by atoms with E-state index in [0.29, 0.717) is 19.6 Å². The number of fused-ring (bicyclic) bond motifs is 1. The summed E-state index contributed by atoms with van der Waals surface area (Å²) in [6.45, 7) is 10.9. The Morgan fingerprint density at radius 1 is 1.20 bits per heavy atom. The minimum Gasteiger partial charge on any atom is -0.491 e. The van der Waals surface area contributed by atoms with Gasteiger partial charge in [0.15, 0.2) is 0 Å². The van der Waals surface area contributed by atoms with E-state index in [4.69, 9.17) is 4.74 Å². The third kappa shape index (κ3) is 5.04. The van der Waals surface area contributed by atoms with Gasteiger partial charge in [-0.15, -0.1) is 11.3 Å². The number of benzene rings is 1. The van der Waals surface area contributed by atoms with E-state index in [-0.39, 0.29) is 24.4 Å². The standard InChI is InChI=1S/C24H32N2O3S/c1-6-22(27)26(24(3,4)5)15-23(28)25-13-11-21-19(12-14-30-21)20(25)16-29-18-9-7-17(2)8-10-18/h7-10,12,14,20H,6,11,13,15-16H2,1-5H3. The molecule has 0 saturated carbocycles. The molecule has 5 nitrogen and oxygen atoms in total. The van der Waals surface area contributed by atoms with Crippen LogP contribution >= 0.6 is 11.3 Å². The molecule has 2 aromatic rings. The van der Waals surface area contributed by atoms with Crippen LogP contribution in [0.15, 0.2) is 35.7 Å². The van der Waals surface area contributed by atoms with Crippen molar-refractivity contribution in [2.75, 3.05) is 19.7 Å². The van der Waals surface area contributed by atoms with Gasteiger partial charge in [-0.1, -0.05) is 24.6 Å². The fourth-order valence-corrected chi connectivity index (χ4v) is 4.73. The molecule has 0 radical (unpaired) electrons. The first-order valence-corrected chi connectivity index (χ1v) is 11.4. The third-order valence-corrected chi connectivity index (χ3v) is 6.55. The van der Waals surface area contributed by atoms with Crippen molar-refractivity contribution in [2.24, 2.45) is 0 Å². The molecule has 1 aliphatic rings. The zero-order valence-corrected chi connectivity index (χ0v) is 19.4. The van der Waals surface area contributed by atoms with Gasteiger partial charge in [0.05, 0.1) is 6.04 Å². The summed E-state index contributed by atoms with van der Waals surface area (Å²) in [6, 6.07) is 9.91. The number of amides is 2. The molecule has 162 valence electrons. The van der Waals surface area contributed by atoms with Crippen molar-refractivity contribution in [3.63, 3.8) is 0 Å². The first-order valence-electron chi connectivity index (χ1n) is 10.6. The summed E-state index contributed by atoms with van der Waals surface area (Å²) in [6.07, 6.45) is 1.23. The highest BCUT2D eigenvalue weighted by Gasteiger charge is 2.35. The van der Waals surface area contributed by atoms with Crippen LogP contribution in [0.25, 0.3) is 0 Å². The van der Waals surface area contributed by atoms with Gasteiger partial charge in [-0.05, 0) is 63.3 Å². The first kappa shape index (κ1) is 22.3. The largest absolute Gasteiger partial charge is 0.491 e. The molecule has 6 heteroatoms. The van der Waals surface area contributed by atoms with E-state index in [1.807, 2.05) is 63.8 Å². The van der Waals surface area contributed by atoms with Crippen LogP contribution in [-0.4, -0.2) is 46.8 Å². The predicted molar refractivity (Wildman–Crippen MR) is 121 cm³/mol. The summed E-state index contributed by atoms with van der Waals surface area (Å²) in [5.74, 6) is 0.769. The lowest BCUT2D eigenvalue weighted by molar-refractivity contribution is -0.146. The van der Waals surface area contributed by atoms with Crippen LogP contribution in [0.5, 0.6) is 5.75 Å². The number of ether oxygens (including phenoxy) is 1. The van der Waals surface area contributed by atoms with Crippen molar-refractivity contribution in [3.8, 4) is 5.75 Å². The van der Waals surface area contributed by atoms with Gasteiger partial charge >= 0.3 is 0 Å². The number of thiophene rings is 1. The Morgan fingerprint density at radius 2 is 1.90 bits per heavy atom. The maximum absolute atomic E-state index is 13.4. The fourth-order valence-electron chi connectivity index (χ4n) is 3.80. The Morgan fingerprint density at radius 3 is 2.53 bits per heavy atom. The van der Waals surface area contributed by atoms with E-state index >= 15 is 0 Å². The van der Waals surface area contributed by atoms with Gasteiger partial charge in [0, 0.05) is 23.4 Å². The molecule has 30 heavy (non-hydrogen) atoms. The van der Waals surface area contributed by atoms with Crippen LogP contribution < -0.4 is 4.74 Å². The average molecular weight is 429 g/mol. The molecule has 0 aliphatic carbocycles. The SMILES string of the molecule is CCC(=O)N(CC(=O)N1CCc2sccc2C1COc1ccc(C)cc1)C(C)(C)C. The Kier molecular flexibility index (Phi) is 6.86. The minimum absolute atomic E-state index is 0.00321. The molecule has 0 fully saturated rings. The topological polar surface area (TPSA) is 49.9 Å². The van der Waals surface area contributed by atoms with Crippen LogP contribution in [-0.2, 0) is 16.0 Å². The van der Waals surface area contributed by atoms with Gasteiger partial charge in [-0.25, -0.2) is 0 Å². The lowest BCUT2D eigenvalue weighted by Gasteiger charge is -2.40. The van der Waals surface area contributed by atoms with Crippen LogP contribution in [0.1, 0.15) is 56.2 Å². The smallest absolute Gasteiger partial charge is 0.242 e. The van der Waals surface area contributed by atoms with Gasteiger partial charge < -0.3 is 14.5 Å². The Balaban J connectivity index is 1.79. The molecular weight excluding hydrogens is 396 g/mol. The molecule has 1 aliphatic heterocycles. The highest BCUT2D eigenvalue weighted by Crippen LogP contribution is 2.34. The van der Waals surface area contributed by atoms with Gasteiger partial charge in [0.2, 0.25) is 11.8 Å². The molecule has 1 aromatic heterocycles. The molecule has 0 spiro atoms. The van der Waals surface area contributed by atoms with Crippen LogP contribution in [0, 0.1) is 6.92 Å². The fraction of sp³-hybridized carbons (Fsp3) is 0.500. The van der Waals surface area contributed by atoms with E-state index in [1.54, 1.807) is 16.2 Å². The van der Waals surface area contributed by atoms with Crippen molar-refractivity contribution < 1.29 is 14.3 Å². The third-order valence-electron chi connectivity index (χ3n) is 5.55. The van der Waals surface area contributed by atoms with Gasteiger partial charge in [-0.3, -0.25) is 9.59 Å². The highest BCUT2D eigenvalue weighted by atomic mass is 32.1. The number of rotatable bonds is 6. The molecule has 1 unspecified atom stereocenters. The number of nitrogens with zero attached hydrogens (tertiary/aromatic N) is 2. The van der Waals surface area contributed by atoms with Crippen molar-refractivity contribution in [1.82, 2.24) is 9.80 Å². The summed E-state index contributed by atoms with van der Waals surface area (Å²) >= 11 is 1.74. The molecule has 1 aromatic carbocycles. The van der Waals surface area contributed by atoms with Crippen LogP contribution in [0.4, 0.5) is 0 Å². The van der Waals surface area contributed by atoms with Gasteiger partial charge in [0.1, 0.15) is 18.9 Å². The van der Waals surface area contributed by atoms with Crippen LogP contribution in [0.3, 0.4) is 0 Å². The number of hydrogen-bond donors (Lipinski definition) is 0. The van der Waals surface area contributed by atoms with E-state index in [0.717, 1.165) is 17.7 Å². The van der Waals surface area contributed by atoms with Crippen molar-refractivity contribution in [1.29, 1.82) is 0 Å². The molecule has 2 amide bonds. The quantitative estimate of drug-likeness (QED) is 0.676. The highest BCUT2D eigenvalue weighted by molar-refractivity contribution is 7.10. The lowest BCUT2D eigenvalue weighted by Crippen LogP contribution is -2.53. The van der Waals surface area contributed by atoms with Crippen LogP contribution in [0.2, 0.25) is 0 Å². The zero-order valence-electron chi connectivity index (χ0n) is 18.6. The number of aryl methyl sites for hydroxylation is 1. The normalized spacial score (nSPS) is 16.2. The summed E-state index contributed by atoms with van der Waals surface area (Å²) in [5, 5.41) is 2.08. The predicted octanol–water partition coefficient (Wildman–Crippen LogP) is 4.60. The number of hydrogen-bond acceptors (Lipinski definition) is 4.